The Morgan fingerprint density at radius 1 is 0.850 bits per heavy atom. The van der Waals surface area contributed by atoms with Crippen LogP contribution in [0.25, 0.3) is 0 Å². The van der Waals surface area contributed by atoms with E-state index in [1.54, 1.807) is 0 Å². The van der Waals surface area contributed by atoms with Crippen molar-refractivity contribution in [3.8, 4) is 0 Å². The zero-order valence-electron chi connectivity index (χ0n) is 15.3. The molecule has 3 heteroatoms. The summed E-state index contributed by atoms with van der Waals surface area (Å²) >= 11 is 0. The topological polar surface area (TPSA) is 41.3 Å². The van der Waals surface area contributed by atoms with Crippen LogP contribution in [0.3, 0.4) is 0 Å². The lowest BCUT2D eigenvalue weighted by atomic mass is 9.87. The second-order valence-electron chi connectivity index (χ2n) is 8.94. The van der Waals surface area contributed by atoms with Gasteiger partial charge in [-0.2, -0.15) is 0 Å². The summed E-state index contributed by atoms with van der Waals surface area (Å²) in [6, 6.07) is 0. The van der Waals surface area contributed by atoms with Crippen molar-refractivity contribution in [1.82, 2.24) is 10.2 Å². The summed E-state index contributed by atoms with van der Waals surface area (Å²) in [5, 5.41) is 3.62. The van der Waals surface area contributed by atoms with E-state index in [2.05, 4.69) is 65.7 Å². The molecule has 0 aliphatic rings. The molecule has 20 heavy (non-hydrogen) atoms. The van der Waals surface area contributed by atoms with Crippen LogP contribution in [0.2, 0.25) is 0 Å². The summed E-state index contributed by atoms with van der Waals surface area (Å²) in [5.74, 6) is 0. The molecule has 0 saturated heterocycles. The lowest BCUT2D eigenvalue weighted by Gasteiger charge is -2.32. The smallest absolute Gasteiger partial charge is 0.00967 e. The van der Waals surface area contributed by atoms with Gasteiger partial charge >= 0.3 is 0 Å². The third kappa shape index (κ3) is 10.6. The van der Waals surface area contributed by atoms with Gasteiger partial charge in [0.15, 0.2) is 0 Å². The van der Waals surface area contributed by atoms with Gasteiger partial charge in [-0.05, 0) is 71.1 Å². The highest BCUT2D eigenvalue weighted by Gasteiger charge is 2.22. The lowest BCUT2D eigenvalue weighted by Crippen LogP contribution is -2.43. The van der Waals surface area contributed by atoms with Crippen LogP contribution < -0.4 is 11.1 Å². The predicted octanol–water partition coefficient (Wildman–Crippen LogP) is 3.10. The largest absolute Gasteiger partial charge is 0.330 e. The molecule has 0 aliphatic carbocycles. The van der Waals surface area contributed by atoms with Crippen molar-refractivity contribution in [3.63, 3.8) is 0 Å². The molecule has 0 unspecified atom stereocenters. The van der Waals surface area contributed by atoms with Crippen LogP contribution in [0.1, 0.15) is 61.3 Å². The number of hydrogen-bond acceptors (Lipinski definition) is 3. The van der Waals surface area contributed by atoms with E-state index in [9.17, 15) is 0 Å². The fourth-order valence-corrected chi connectivity index (χ4v) is 1.79. The highest BCUT2D eigenvalue weighted by Crippen LogP contribution is 2.22. The van der Waals surface area contributed by atoms with Crippen LogP contribution in [-0.2, 0) is 0 Å². The quantitative estimate of drug-likeness (QED) is 0.684. The van der Waals surface area contributed by atoms with Crippen LogP contribution in [0.15, 0.2) is 0 Å². The van der Waals surface area contributed by atoms with Gasteiger partial charge in [0.25, 0.3) is 0 Å². The number of hydrogen-bond donors (Lipinski definition) is 2. The zero-order valence-corrected chi connectivity index (χ0v) is 15.3. The molecule has 0 aliphatic heterocycles. The summed E-state index contributed by atoms with van der Waals surface area (Å²) in [5.41, 5.74) is 6.59. The minimum Gasteiger partial charge on any atom is -0.330 e. The molecule has 0 fully saturated rings. The van der Waals surface area contributed by atoms with Crippen LogP contribution in [0.4, 0.5) is 0 Å². The Labute approximate surface area is 127 Å². The molecule has 0 amide bonds. The van der Waals surface area contributed by atoms with Crippen molar-refractivity contribution in [3.05, 3.63) is 0 Å². The first-order valence-corrected chi connectivity index (χ1v) is 8.01. The monoisotopic (exact) mass is 285 g/mol. The number of nitrogens with one attached hydrogen (secondary N) is 1. The summed E-state index contributed by atoms with van der Waals surface area (Å²) < 4.78 is 0. The van der Waals surface area contributed by atoms with Crippen LogP contribution in [0, 0.1) is 10.8 Å². The molecule has 0 heterocycles. The number of nitrogens with two attached hydrogens (primary N) is 1. The first-order chi connectivity index (χ1) is 8.87. The van der Waals surface area contributed by atoms with Crippen molar-refractivity contribution in [2.24, 2.45) is 16.6 Å². The Bertz CT molecular complexity index is 264. The maximum Gasteiger partial charge on any atom is 0.00967 e. The Kier molecular flexibility index (Phi) is 7.72. The fraction of sp³-hybridized carbons (Fsp3) is 1.00. The van der Waals surface area contributed by atoms with Crippen LogP contribution >= 0.6 is 0 Å². The van der Waals surface area contributed by atoms with Crippen molar-refractivity contribution in [2.75, 3.05) is 33.2 Å². The fourth-order valence-electron chi connectivity index (χ4n) is 1.79. The highest BCUT2D eigenvalue weighted by molar-refractivity contribution is 4.79. The van der Waals surface area contributed by atoms with Gasteiger partial charge < -0.3 is 16.0 Å². The Morgan fingerprint density at radius 2 is 1.30 bits per heavy atom. The molecule has 0 atom stereocenters. The molecule has 0 radical (unpaired) electrons. The molecular weight excluding hydrogens is 246 g/mol. The maximum atomic E-state index is 5.79. The van der Waals surface area contributed by atoms with Gasteiger partial charge in [-0.1, -0.05) is 27.7 Å². The molecular formula is C17H39N3. The molecule has 0 saturated carbocycles. The molecule has 0 aromatic carbocycles. The van der Waals surface area contributed by atoms with Gasteiger partial charge in [-0.3, -0.25) is 0 Å². The van der Waals surface area contributed by atoms with Crippen molar-refractivity contribution in [1.29, 1.82) is 0 Å². The van der Waals surface area contributed by atoms with Crippen molar-refractivity contribution < 1.29 is 0 Å². The second kappa shape index (κ2) is 7.77. The zero-order chi connectivity index (χ0) is 16.0. The summed E-state index contributed by atoms with van der Waals surface area (Å²) in [6.07, 6.45) is 2.39. The molecule has 122 valence electrons. The third-order valence-electron chi connectivity index (χ3n) is 3.99. The van der Waals surface area contributed by atoms with Gasteiger partial charge in [-0.25, -0.2) is 0 Å². The molecule has 0 spiro atoms. The van der Waals surface area contributed by atoms with Crippen LogP contribution in [-0.4, -0.2) is 43.7 Å². The average Bonchev–Trinajstić information content (AvgIpc) is 2.31. The van der Waals surface area contributed by atoms with E-state index < -0.39 is 0 Å². The van der Waals surface area contributed by atoms with Crippen molar-refractivity contribution >= 4 is 0 Å². The summed E-state index contributed by atoms with van der Waals surface area (Å²) in [4.78, 5) is 2.44. The van der Waals surface area contributed by atoms with Gasteiger partial charge in [-0.15, -0.1) is 0 Å². The highest BCUT2D eigenvalue weighted by atomic mass is 15.1. The second-order valence-corrected chi connectivity index (χ2v) is 8.94. The van der Waals surface area contributed by atoms with E-state index >= 15 is 0 Å². The van der Waals surface area contributed by atoms with Gasteiger partial charge in [0.1, 0.15) is 0 Å². The molecule has 0 bridgehead atoms. The summed E-state index contributed by atoms with van der Waals surface area (Å²) in [7, 11) is 2.22. The van der Waals surface area contributed by atoms with Crippen molar-refractivity contribution in [2.45, 2.75) is 66.8 Å². The SMILES string of the molecule is CN(CCC(C)(C)CN)CCC(C)(C)CNC(C)(C)C. The first kappa shape index (κ1) is 19.9. The maximum absolute atomic E-state index is 5.79. The Balaban J connectivity index is 4.01. The first-order valence-electron chi connectivity index (χ1n) is 8.01. The average molecular weight is 286 g/mol. The van der Waals surface area contributed by atoms with E-state index in [1.165, 1.54) is 12.8 Å². The van der Waals surface area contributed by atoms with E-state index in [0.717, 1.165) is 26.2 Å². The molecule has 3 N–H and O–H groups in total. The standard InChI is InChI=1S/C17H39N3/c1-15(2,3)19-14-17(6,7)10-12-20(8)11-9-16(4,5)13-18/h19H,9-14,18H2,1-8H3. The predicted molar refractivity (Wildman–Crippen MR) is 91.1 cm³/mol. The minimum atomic E-state index is 0.203. The summed E-state index contributed by atoms with van der Waals surface area (Å²) in [6.45, 7) is 20.0. The van der Waals surface area contributed by atoms with Gasteiger partial charge in [0.2, 0.25) is 0 Å². The number of rotatable bonds is 9. The van der Waals surface area contributed by atoms with Gasteiger partial charge in [0, 0.05) is 12.1 Å². The van der Waals surface area contributed by atoms with E-state index in [4.69, 9.17) is 5.73 Å². The molecule has 0 rings (SSSR count). The molecule has 0 aromatic rings. The van der Waals surface area contributed by atoms with E-state index in [1.807, 2.05) is 0 Å². The lowest BCUT2D eigenvalue weighted by molar-refractivity contribution is 0.205. The third-order valence-corrected chi connectivity index (χ3v) is 3.99. The normalized spacial score (nSPS) is 14.1. The van der Waals surface area contributed by atoms with Gasteiger partial charge in [0.05, 0.1) is 0 Å². The Hall–Kier alpha value is -0.120. The molecule has 3 nitrogen and oxygen atoms in total. The minimum absolute atomic E-state index is 0.203. The Morgan fingerprint density at radius 3 is 1.70 bits per heavy atom. The van der Waals surface area contributed by atoms with Crippen LogP contribution in [0.5, 0.6) is 0 Å². The number of nitrogens with zero attached hydrogens (tertiary/aromatic N) is 1. The van der Waals surface area contributed by atoms with E-state index in [-0.39, 0.29) is 11.0 Å². The van der Waals surface area contributed by atoms with E-state index in [0.29, 0.717) is 5.41 Å². The molecule has 0 aromatic heterocycles.